The fourth-order valence-electron chi connectivity index (χ4n) is 2.04. The maximum Gasteiger partial charge on any atom is 0.0454 e. The van der Waals surface area contributed by atoms with Gasteiger partial charge in [0.05, 0.1) is 0 Å². The molecular weight excluding hydrogens is 194 g/mol. The van der Waals surface area contributed by atoms with Gasteiger partial charge in [0.2, 0.25) is 0 Å². The first kappa shape index (κ1) is 13.8. The summed E-state index contributed by atoms with van der Waals surface area (Å²) in [7, 11) is 0. The lowest BCUT2D eigenvalue weighted by atomic mass is 10.1. The van der Waals surface area contributed by atoms with E-state index in [0.29, 0.717) is 6.04 Å². The molecule has 0 N–H and O–H groups in total. The van der Waals surface area contributed by atoms with E-state index in [-0.39, 0.29) is 0 Å². The molecule has 1 rings (SSSR count). The second kappa shape index (κ2) is 8.81. The number of hydrogen-bond acceptors (Lipinski definition) is 0. The van der Waals surface area contributed by atoms with Crippen LogP contribution in [0, 0.1) is 5.92 Å². The number of allylic oxidation sites excluding steroid dienone is 1. The molecule has 1 atom stereocenters. The van der Waals surface area contributed by atoms with Gasteiger partial charge in [0.25, 0.3) is 0 Å². The highest BCUT2D eigenvalue weighted by atomic mass is 14.9. The standard InChI is InChI=1S/C15H28N/c1-3-5-7-8-9-13-16-15(10-6-4-2)14-11-12-14/h6,10,14-15H,3-5,7-9,11-13H2,1-2H3/b10-6+. The van der Waals surface area contributed by atoms with Crippen molar-refractivity contribution in [3.8, 4) is 0 Å². The van der Waals surface area contributed by atoms with Crippen LogP contribution in [0.1, 0.15) is 65.2 Å². The predicted octanol–water partition coefficient (Wildman–Crippen LogP) is 4.31. The first-order valence-corrected chi connectivity index (χ1v) is 7.21. The zero-order chi connectivity index (χ0) is 11.6. The largest absolute Gasteiger partial charge is 0.234 e. The molecule has 0 spiro atoms. The Morgan fingerprint density at radius 1 is 1.12 bits per heavy atom. The smallest absolute Gasteiger partial charge is 0.0454 e. The topological polar surface area (TPSA) is 14.1 Å². The summed E-state index contributed by atoms with van der Waals surface area (Å²) in [6.45, 7) is 5.55. The van der Waals surface area contributed by atoms with E-state index in [1.165, 1.54) is 44.9 Å². The van der Waals surface area contributed by atoms with E-state index in [1.807, 2.05) is 0 Å². The van der Waals surface area contributed by atoms with Crippen molar-refractivity contribution < 1.29 is 0 Å². The molecule has 1 saturated carbocycles. The summed E-state index contributed by atoms with van der Waals surface area (Å²) in [6, 6.07) is 0.547. The minimum Gasteiger partial charge on any atom is -0.234 e. The van der Waals surface area contributed by atoms with Gasteiger partial charge < -0.3 is 0 Å². The molecule has 0 bridgehead atoms. The number of unbranched alkanes of at least 4 members (excludes halogenated alkanes) is 4. The van der Waals surface area contributed by atoms with E-state index < -0.39 is 0 Å². The minimum atomic E-state index is 0.547. The molecule has 1 nitrogen and oxygen atoms in total. The zero-order valence-corrected chi connectivity index (χ0v) is 11.1. The van der Waals surface area contributed by atoms with Crippen molar-refractivity contribution in [2.45, 2.75) is 71.3 Å². The second-order valence-electron chi connectivity index (χ2n) is 4.98. The summed E-state index contributed by atoms with van der Waals surface area (Å²) in [5.41, 5.74) is 0. The van der Waals surface area contributed by atoms with Crippen LogP contribution in [0.2, 0.25) is 0 Å². The lowest BCUT2D eigenvalue weighted by molar-refractivity contribution is 0.501. The lowest BCUT2D eigenvalue weighted by Gasteiger charge is -2.11. The van der Waals surface area contributed by atoms with Crippen LogP contribution < -0.4 is 5.32 Å². The van der Waals surface area contributed by atoms with Gasteiger partial charge in [-0.1, -0.05) is 51.7 Å². The van der Waals surface area contributed by atoms with Crippen molar-refractivity contribution in [2.75, 3.05) is 6.54 Å². The summed E-state index contributed by atoms with van der Waals surface area (Å²) < 4.78 is 0. The van der Waals surface area contributed by atoms with Gasteiger partial charge in [-0.3, -0.25) is 0 Å². The maximum atomic E-state index is 4.83. The average molecular weight is 222 g/mol. The Morgan fingerprint density at radius 3 is 2.50 bits per heavy atom. The molecule has 0 amide bonds. The van der Waals surface area contributed by atoms with Crippen LogP contribution in [-0.4, -0.2) is 12.6 Å². The van der Waals surface area contributed by atoms with Crippen molar-refractivity contribution in [2.24, 2.45) is 5.92 Å². The van der Waals surface area contributed by atoms with Crippen molar-refractivity contribution in [1.29, 1.82) is 0 Å². The van der Waals surface area contributed by atoms with Crippen LogP contribution >= 0.6 is 0 Å². The zero-order valence-electron chi connectivity index (χ0n) is 11.1. The Bertz CT molecular complexity index is 182. The van der Waals surface area contributed by atoms with Crippen LogP contribution in [-0.2, 0) is 0 Å². The molecule has 16 heavy (non-hydrogen) atoms. The molecule has 0 heterocycles. The Morgan fingerprint density at radius 2 is 1.88 bits per heavy atom. The summed E-state index contributed by atoms with van der Waals surface area (Å²) >= 11 is 0. The van der Waals surface area contributed by atoms with Gasteiger partial charge in [-0.15, -0.1) is 0 Å². The molecule has 1 unspecified atom stereocenters. The van der Waals surface area contributed by atoms with E-state index in [1.54, 1.807) is 0 Å². The fraction of sp³-hybridized carbons (Fsp3) is 0.867. The summed E-state index contributed by atoms with van der Waals surface area (Å²) in [5.74, 6) is 0.887. The van der Waals surface area contributed by atoms with Gasteiger partial charge in [-0.25, -0.2) is 5.32 Å². The average Bonchev–Trinajstić information content (AvgIpc) is 3.11. The monoisotopic (exact) mass is 222 g/mol. The van der Waals surface area contributed by atoms with E-state index >= 15 is 0 Å². The highest BCUT2D eigenvalue weighted by Crippen LogP contribution is 2.33. The molecule has 0 aromatic rings. The number of nitrogens with zero attached hydrogens (tertiary/aromatic N) is 1. The summed E-state index contributed by atoms with van der Waals surface area (Å²) in [5, 5.41) is 4.83. The first-order chi connectivity index (χ1) is 7.88. The van der Waals surface area contributed by atoms with Crippen LogP contribution in [0.5, 0.6) is 0 Å². The summed E-state index contributed by atoms with van der Waals surface area (Å²) in [6.07, 6.45) is 15.3. The van der Waals surface area contributed by atoms with Gasteiger partial charge in [0.15, 0.2) is 0 Å². The molecule has 1 aliphatic carbocycles. The molecule has 0 aromatic carbocycles. The molecule has 1 fully saturated rings. The van der Waals surface area contributed by atoms with E-state index in [9.17, 15) is 0 Å². The highest BCUT2D eigenvalue weighted by molar-refractivity contribution is 5.00. The third kappa shape index (κ3) is 6.32. The number of rotatable bonds is 10. The van der Waals surface area contributed by atoms with Crippen molar-refractivity contribution in [1.82, 2.24) is 5.32 Å². The Balaban J connectivity index is 2.01. The Hall–Kier alpha value is -0.300. The maximum absolute atomic E-state index is 4.83. The van der Waals surface area contributed by atoms with Crippen LogP contribution in [0.25, 0.3) is 0 Å². The quantitative estimate of drug-likeness (QED) is 0.386. The van der Waals surface area contributed by atoms with E-state index in [4.69, 9.17) is 5.32 Å². The molecule has 1 radical (unpaired) electrons. The Labute approximate surface area is 102 Å². The summed E-state index contributed by atoms with van der Waals surface area (Å²) in [4.78, 5) is 0. The van der Waals surface area contributed by atoms with Gasteiger partial charge in [0, 0.05) is 12.6 Å². The first-order valence-electron chi connectivity index (χ1n) is 7.21. The normalized spacial score (nSPS) is 18.1. The lowest BCUT2D eigenvalue weighted by Crippen LogP contribution is -2.23. The predicted molar refractivity (Wildman–Crippen MR) is 71.7 cm³/mol. The third-order valence-corrected chi connectivity index (χ3v) is 3.28. The van der Waals surface area contributed by atoms with Crippen molar-refractivity contribution >= 4 is 0 Å². The van der Waals surface area contributed by atoms with E-state index in [0.717, 1.165) is 18.9 Å². The SMILES string of the molecule is CC/C=C/C([N]CCCCCCC)C1CC1. The molecule has 0 aliphatic heterocycles. The van der Waals surface area contributed by atoms with Crippen LogP contribution in [0.4, 0.5) is 0 Å². The van der Waals surface area contributed by atoms with Gasteiger partial charge >= 0.3 is 0 Å². The Kier molecular flexibility index (Phi) is 7.58. The van der Waals surface area contributed by atoms with Crippen LogP contribution in [0.15, 0.2) is 12.2 Å². The van der Waals surface area contributed by atoms with Crippen molar-refractivity contribution in [3.05, 3.63) is 12.2 Å². The van der Waals surface area contributed by atoms with Crippen molar-refractivity contribution in [3.63, 3.8) is 0 Å². The molecule has 1 aliphatic rings. The second-order valence-corrected chi connectivity index (χ2v) is 4.98. The van der Waals surface area contributed by atoms with E-state index in [2.05, 4.69) is 26.0 Å². The molecule has 0 saturated heterocycles. The molecule has 1 heteroatoms. The minimum absolute atomic E-state index is 0.547. The molecule has 0 aromatic heterocycles. The third-order valence-electron chi connectivity index (χ3n) is 3.28. The number of hydrogen-bond donors (Lipinski definition) is 0. The molecular formula is C15H28N. The fourth-order valence-corrected chi connectivity index (χ4v) is 2.04. The van der Waals surface area contributed by atoms with Gasteiger partial charge in [0.1, 0.15) is 0 Å². The van der Waals surface area contributed by atoms with Crippen LogP contribution in [0.3, 0.4) is 0 Å². The highest BCUT2D eigenvalue weighted by Gasteiger charge is 2.29. The van der Waals surface area contributed by atoms with Gasteiger partial charge in [-0.2, -0.15) is 0 Å². The molecule has 93 valence electrons. The van der Waals surface area contributed by atoms with Gasteiger partial charge in [-0.05, 0) is 31.6 Å².